The van der Waals surface area contributed by atoms with Crippen molar-refractivity contribution < 1.29 is 43.3 Å². The molecule has 0 spiro atoms. The number of halogens is 9. The number of hydrazone groups is 2. The Kier molecular flexibility index (Phi) is 32.7. The number of nitrogens with zero attached hydrogens (tertiary/aromatic N) is 14. The first-order valence-corrected chi connectivity index (χ1v) is 45.4. The lowest BCUT2D eigenvalue weighted by atomic mass is 10.0. The van der Waals surface area contributed by atoms with Crippen molar-refractivity contribution in [3.63, 3.8) is 0 Å². The molecule has 0 atom stereocenters. The van der Waals surface area contributed by atoms with Crippen molar-refractivity contribution in [1.82, 2.24) is 23.5 Å². The van der Waals surface area contributed by atoms with Gasteiger partial charge in [0, 0.05) is 62.0 Å². The summed E-state index contributed by atoms with van der Waals surface area (Å²) in [5.74, 6) is -2.39. The molecule has 0 saturated carbocycles. The van der Waals surface area contributed by atoms with Crippen molar-refractivity contribution in [2.75, 3.05) is 15.0 Å². The van der Waals surface area contributed by atoms with Gasteiger partial charge in [-0.3, -0.25) is 52.6 Å². The summed E-state index contributed by atoms with van der Waals surface area (Å²) in [6.07, 6.45) is 28.3. The molecule has 28 nitrogen and oxygen atoms in total. The predicted molar refractivity (Wildman–Crippen MR) is 557 cm³/mol. The average molecular weight is 2070 g/mol. The number of pyridine rings is 3. The molecule has 16 rings (SSSR count). The number of hydrogen-bond donors (Lipinski definition) is 4. The maximum atomic E-state index is 13.2. The van der Waals surface area contributed by atoms with Crippen LogP contribution in [0.5, 0.6) is 11.8 Å². The number of aromatic hydroxyl groups is 2. The van der Waals surface area contributed by atoms with E-state index in [-0.39, 0.29) is 110 Å². The maximum absolute atomic E-state index is 13.2. The van der Waals surface area contributed by atoms with E-state index in [0.717, 1.165) is 29.9 Å². The number of hydrogen-bond acceptors (Lipinski definition) is 20. The zero-order valence-electron chi connectivity index (χ0n) is 75.5. The lowest BCUT2D eigenvalue weighted by molar-refractivity contribution is -0.115. The molecular formula is C105H72Cl9N15O13. The molecule has 0 bridgehead atoms. The molecule has 0 saturated heterocycles. The first-order chi connectivity index (χ1) is 67.9. The summed E-state index contributed by atoms with van der Waals surface area (Å²) in [5, 5.41) is 92.7. The van der Waals surface area contributed by atoms with Gasteiger partial charge in [0.05, 0.1) is 80.8 Å². The second-order valence-electron chi connectivity index (χ2n) is 30.9. The molecule has 708 valence electrons. The van der Waals surface area contributed by atoms with Crippen LogP contribution in [0.25, 0.3) is 63.4 Å². The van der Waals surface area contributed by atoms with Crippen LogP contribution in [-0.4, -0.2) is 73.7 Å². The fourth-order valence-corrected chi connectivity index (χ4v) is 17.6. The molecule has 37 heteroatoms. The number of aromatic amines is 1. The minimum absolute atomic E-state index is 0.0379. The van der Waals surface area contributed by atoms with Gasteiger partial charge in [0.1, 0.15) is 69.2 Å². The number of aliphatic hydroxyl groups is 1. The summed E-state index contributed by atoms with van der Waals surface area (Å²) in [6.45, 7) is 10.0. The summed E-state index contributed by atoms with van der Waals surface area (Å²) >= 11 is 55.4. The number of aliphatic hydroxyl groups excluding tert-OH is 1. The monoisotopic (exact) mass is 2070 g/mol. The minimum atomic E-state index is -0.605. The van der Waals surface area contributed by atoms with E-state index < -0.39 is 28.7 Å². The highest BCUT2D eigenvalue weighted by molar-refractivity contribution is 6.45. The van der Waals surface area contributed by atoms with Gasteiger partial charge >= 0.3 is 0 Å². The Balaban J connectivity index is 0.000000160. The number of anilines is 3. The van der Waals surface area contributed by atoms with Gasteiger partial charge in [0.15, 0.2) is 22.8 Å². The molecule has 0 radical (unpaired) electrons. The Labute approximate surface area is 852 Å². The standard InChI is InChI=1S/C29H22Cl3N5O3.C28H19Cl3N4O3.C25H14N2O4.C23H17Cl3N4O3/c1-16-20(27(38)35(3)26-24(16)29(40)36(34-26)19-10-6-4-7-11-19)12-8-5-9-13-21-17(2)33-37(28(21)39)25-22(31)14-18(30)15-23(25)32;1-16-20(26(36)34(27(37)22(16)15-32)19-9-5-3-6-10-19)11-7-4-8-12-21-17(2)33-35(28(21)38)25-23(30)13-18(29)14-24(25)31;26-14-18(24(28)22-12-16-6-1-3-10-20(16)30-22)8-5-9-19(15-27)25(29)23-13-17-7-2-4-11-21(17)31-23;1-12-15(21(31)29(3)22(32)17(12)11-27)7-5-4-6-8-16-13(2)28-30(23(16)33)20-18(25)9-14(24)10-19(20)26/h4-15,33H,1-3H3;3-14,36H,1-2H3;1-13,28H;4-10,31H,1-3H3/b;8-4+,11-7+,21-12?;8-5+,19-9+,24-18+;6-4+,7-5+,16-8?. The molecular weight excluding hydrogens is 2000 g/mol. The number of carbonyl (C=O) groups is 4. The van der Waals surface area contributed by atoms with Gasteiger partial charge in [0.2, 0.25) is 17.5 Å². The van der Waals surface area contributed by atoms with E-state index in [2.05, 4.69) is 20.4 Å². The molecule has 0 fully saturated rings. The third-order valence-electron chi connectivity index (χ3n) is 21.9. The number of carbonyl (C=O) groups excluding carboxylic acids is 4. The zero-order valence-corrected chi connectivity index (χ0v) is 82.3. The van der Waals surface area contributed by atoms with E-state index in [1.807, 2.05) is 60.7 Å². The summed E-state index contributed by atoms with van der Waals surface area (Å²) < 4.78 is 15.8. The number of H-pyrrole nitrogens is 1. The van der Waals surface area contributed by atoms with Gasteiger partial charge in [-0.25, -0.2) is 9.25 Å². The molecule has 3 aliphatic rings. The highest BCUT2D eigenvalue weighted by atomic mass is 35.5. The second-order valence-corrected chi connectivity index (χ2v) is 34.6. The van der Waals surface area contributed by atoms with Gasteiger partial charge in [-0.2, -0.15) is 46.3 Å². The van der Waals surface area contributed by atoms with E-state index in [1.165, 1.54) is 75.9 Å². The van der Waals surface area contributed by atoms with Crippen LogP contribution in [0.1, 0.15) is 90.7 Å². The molecule has 142 heavy (non-hydrogen) atoms. The number of ketones is 1. The average Bonchev–Trinajstić information content (AvgIpc) is 1.70. The Morgan fingerprint density at radius 3 is 1.35 bits per heavy atom. The fraction of sp³-hybridized carbons (Fsp3) is 0.0762. The zero-order chi connectivity index (χ0) is 103. The Bertz CT molecular complexity index is 8360. The van der Waals surface area contributed by atoms with Crippen molar-refractivity contribution in [3.8, 4) is 47.4 Å². The summed E-state index contributed by atoms with van der Waals surface area (Å²) in [5.41, 5.74) is 6.06. The summed E-state index contributed by atoms with van der Waals surface area (Å²) in [7, 11) is 2.97. The molecule has 13 aromatic rings. The number of Topliss-reactive ketones (excluding diaryl/α,β-unsaturated/α-hetero) is 1. The molecule has 4 N–H and O–H groups in total. The smallest absolute Gasteiger partial charge is 0.282 e. The third-order valence-corrected chi connectivity index (χ3v) is 24.2. The van der Waals surface area contributed by atoms with Crippen LogP contribution in [0.4, 0.5) is 17.1 Å². The number of aryl methyl sites for hydroxylation is 1. The van der Waals surface area contributed by atoms with Gasteiger partial charge in [-0.15, -0.1) is 5.10 Å². The van der Waals surface area contributed by atoms with Crippen LogP contribution < -0.4 is 48.0 Å². The number of nitrogens with one attached hydrogen (secondary N) is 1. The topological polar surface area (TPSA) is 401 Å². The Morgan fingerprint density at radius 2 is 0.873 bits per heavy atom. The van der Waals surface area contributed by atoms with Gasteiger partial charge in [-0.1, -0.05) is 238 Å². The van der Waals surface area contributed by atoms with Crippen molar-refractivity contribution in [1.29, 1.82) is 21.0 Å². The minimum Gasteiger partial charge on any atom is -0.503 e. The van der Waals surface area contributed by atoms with E-state index >= 15 is 0 Å². The van der Waals surface area contributed by atoms with Crippen LogP contribution in [0, 0.1) is 73.0 Å². The first kappa shape index (κ1) is 103. The molecule has 7 aromatic carbocycles. The molecule has 0 unspecified atom stereocenters. The van der Waals surface area contributed by atoms with Gasteiger partial charge < -0.3 is 24.2 Å². The van der Waals surface area contributed by atoms with Crippen molar-refractivity contribution in [2.24, 2.45) is 29.4 Å². The largest absolute Gasteiger partial charge is 0.503 e. The maximum Gasteiger partial charge on any atom is 0.282 e. The van der Waals surface area contributed by atoms with E-state index in [4.69, 9.17) is 113 Å². The number of aromatic nitrogens is 5. The molecule has 6 aromatic heterocycles. The molecule has 3 amide bonds. The van der Waals surface area contributed by atoms with Crippen molar-refractivity contribution in [2.45, 2.75) is 41.5 Å². The highest BCUT2D eigenvalue weighted by Gasteiger charge is 2.35. The Hall–Kier alpha value is -16.3. The van der Waals surface area contributed by atoms with Crippen LogP contribution in [0.15, 0.2) is 308 Å². The lowest BCUT2D eigenvalue weighted by Crippen LogP contribution is -2.44. The van der Waals surface area contributed by atoms with E-state index in [1.54, 1.807) is 225 Å². The van der Waals surface area contributed by atoms with Crippen LogP contribution >= 0.6 is 104 Å². The van der Waals surface area contributed by atoms with Gasteiger partial charge in [0.25, 0.3) is 40.0 Å². The number of allylic oxidation sites excluding steroid dienone is 16. The summed E-state index contributed by atoms with van der Waals surface area (Å²) in [4.78, 5) is 103. The molecule has 9 heterocycles. The predicted octanol–water partition coefficient (Wildman–Crippen LogP) is 22.3. The molecule has 3 aliphatic heterocycles. The number of nitriles is 4. The third kappa shape index (κ3) is 21.9. The SMILES string of the molecule is CC1=NN(c2c(Cl)cc(Cl)cc2Cl)C(=O)C1=C/C=C/C=C/c1c(C)c(C#N)c(=O)n(-c2ccccc2)c1O.CC1=NN(c2c(Cl)cc(Cl)cc2Cl)C(=O)C1=C/C=C/C=C/c1c(C)c(C#N)c(=O)n(C)c1O.Cc1[nH]n(-c2c(Cl)cc(Cl)cc2Cl)c(=O)c1C=CC=CC=c1c(C)c2c(n(C)c1=O)=NN(c1ccccc1)C2=O.N#C\C(=C/C=C/C(C#N)=C(\O)c1cc2ccccc2o1)C(=O)c1cc2ccccc2o1. The Morgan fingerprint density at radius 1 is 0.437 bits per heavy atom. The van der Waals surface area contributed by atoms with E-state index in [0.29, 0.717) is 121 Å². The number of furan rings is 2. The van der Waals surface area contributed by atoms with E-state index in [9.17, 15) is 74.7 Å². The first-order valence-electron chi connectivity index (χ1n) is 42.0. The molecule has 0 aliphatic carbocycles. The van der Waals surface area contributed by atoms with Crippen LogP contribution in [0.2, 0.25) is 45.2 Å². The number of amides is 3. The van der Waals surface area contributed by atoms with Crippen molar-refractivity contribution >= 4 is 208 Å². The highest BCUT2D eigenvalue weighted by Crippen LogP contribution is 2.42. The number of fused-ring (bicyclic) bond motifs is 3. The number of rotatable bonds is 19. The van der Waals surface area contributed by atoms with Crippen molar-refractivity contribution in [3.05, 3.63) is 430 Å². The van der Waals surface area contributed by atoms with Crippen LogP contribution in [-0.2, 0) is 23.7 Å². The number of benzene rings is 7. The lowest BCUT2D eigenvalue weighted by Gasteiger charge is -2.15. The normalized spacial score (nSPS) is 14.0. The van der Waals surface area contributed by atoms with Crippen LogP contribution in [0.3, 0.4) is 0 Å². The quantitative estimate of drug-likeness (QED) is 0.0192. The van der Waals surface area contributed by atoms with Gasteiger partial charge in [-0.05, 0) is 192 Å². The second kappa shape index (κ2) is 45.1. The number of para-hydroxylation sites is 4. The summed E-state index contributed by atoms with van der Waals surface area (Å²) in [6, 6.07) is 51.6. The fourth-order valence-electron chi connectivity index (χ4n) is 14.6.